The number of nitrogens with zero attached hydrogens (tertiary/aromatic N) is 2. The first-order valence-electron chi connectivity index (χ1n) is 11.7. The predicted molar refractivity (Wildman–Crippen MR) is 145 cm³/mol. The molecular formula is C30H25ClN2O4. The van der Waals surface area contributed by atoms with E-state index in [1.54, 1.807) is 18.2 Å². The Morgan fingerprint density at radius 2 is 1.14 bits per heavy atom. The zero-order valence-electron chi connectivity index (χ0n) is 20.9. The van der Waals surface area contributed by atoms with Crippen molar-refractivity contribution in [2.45, 2.75) is 13.8 Å². The second-order valence-corrected chi connectivity index (χ2v) is 9.17. The average Bonchev–Trinajstić information content (AvgIpc) is 3.44. The van der Waals surface area contributed by atoms with Gasteiger partial charge in [-0.3, -0.25) is 9.35 Å². The molecule has 0 unspecified atom stereocenters. The Labute approximate surface area is 219 Å². The highest BCUT2D eigenvalue weighted by Crippen LogP contribution is 2.34. The van der Waals surface area contributed by atoms with Gasteiger partial charge in [-0.2, -0.15) is 0 Å². The molecule has 0 amide bonds. The van der Waals surface area contributed by atoms with Gasteiger partial charge in [0, 0.05) is 16.1 Å². The van der Waals surface area contributed by atoms with E-state index in [-0.39, 0.29) is 0 Å². The monoisotopic (exact) mass is 512 g/mol. The summed E-state index contributed by atoms with van der Waals surface area (Å²) in [6, 6.07) is 25.3. The molecule has 0 bridgehead atoms. The number of carbonyl (C=O) groups excluding carboxylic acids is 2. The Balaban J connectivity index is 1.85. The van der Waals surface area contributed by atoms with Crippen LogP contribution in [0.15, 0.2) is 78.9 Å². The van der Waals surface area contributed by atoms with Gasteiger partial charge in [0.25, 0.3) is 0 Å². The van der Waals surface area contributed by atoms with Crippen LogP contribution in [-0.2, 0) is 9.47 Å². The second kappa shape index (κ2) is 9.64. The van der Waals surface area contributed by atoms with Gasteiger partial charge in [-0.15, -0.1) is 0 Å². The van der Waals surface area contributed by atoms with Crippen LogP contribution in [-0.4, -0.2) is 35.5 Å². The van der Waals surface area contributed by atoms with Crippen LogP contribution in [0.4, 0.5) is 0 Å². The number of halogens is 1. The third kappa shape index (κ3) is 4.19. The van der Waals surface area contributed by atoms with Crippen molar-refractivity contribution >= 4 is 34.3 Å². The maximum atomic E-state index is 12.8. The molecule has 0 atom stereocenters. The molecule has 3 aromatic carbocycles. The molecule has 0 fully saturated rings. The molecule has 186 valence electrons. The van der Waals surface area contributed by atoms with Crippen LogP contribution in [0.1, 0.15) is 32.1 Å². The van der Waals surface area contributed by atoms with Gasteiger partial charge in [-0.05, 0) is 55.0 Å². The maximum absolute atomic E-state index is 12.8. The molecule has 0 spiro atoms. The van der Waals surface area contributed by atoms with Gasteiger partial charge in [0.15, 0.2) is 0 Å². The van der Waals surface area contributed by atoms with E-state index >= 15 is 0 Å². The van der Waals surface area contributed by atoms with E-state index in [1.807, 2.05) is 59.6 Å². The summed E-state index contributed by atoms with van der Waals surface area (Å²) < 4.78 is 14.0. The molecule has 0 saturated heterocycles. The maximum Gasteiger partial charge on any atom is 0.339 e. The lowest BCUT2D eigenvalue weighted by Gasteiger charge is -2.20. The molecule has 37 heavy (non-hydrogen) atoms. The average molecular weight is 513 g/mol. The molecule has 0 aliphatic heterocycles. The Morgan fingerprint density at radius 3 is 1.68 bits per heavy atom. The van der Waals surface area contributed by atoms with Gasteiger partial charge in [0.05, 0.1) is 48.1 Å². The molecule has 0 N–H and O–H groups in total. The molecule has 2 heterocycles. The predicted octanol–water partition coefficient (Wildman–Crippen LogP) is 6.93. The minimum atomic E-state index is -0.447. The summed E-state index contributed by atoms with van der Waals surface area (Å²) in [7, 11) is 2.72. The zero-order valence-corrected chi connectivity index (χ0v) is 21.7. The van der Waals surface area contributed by atoms with Crippen molar-refractivity contribution in [3.05, 3.63) is 106 Å². The van der Waals surface area contributed by atoms with E-state index in [9.17, 15) is 9.59 Å². The van der Waals surface area contributed by atoms with E-state index in [0.717, 1.165) is 33.3 Å². The van der Waals surface area contributed by atoms with Gasteiger partial charge in [-0.25, -0.2) is 9.59 Å². The van der Waals surface area contributed by atoms with Crippen molar-refractivity contribution in [3.8, 4) is 22.5 Å². The molecule has 7 heteroatoms. The van der Waals surface area contributed by atoms with Crippen molar-refractivity contribution in [1.82, 2.24) is 9.35 Å². The normalized spacial score (nSPS) is 11.1. The SMILES string of the molecule is COC(=O)c1cc(-c2ccc(Cl)cc2)n(-n2c(-c3ccc4ccccc4c3)cc(C(=O)OC)c2C)c1C. The van der Waals surface area contributed by atoms with Crippen molar-refractivity contribution in [2.24, 2.45) is 0 Å². The number of hydrogen-bond donors (Lipinski definition) is 0. The first-order valence-corrected chi connectivity index (χ1v) is 12.1. The fraction of sp³-hybridized carbons (Fsp3) is 0.133. The van der Waals surface area contributed by atoms with Crippen LogP contribution >= 0.6 is 11.6 Å². The number of carbonyl (C=O) groups is 2. The van der Waals surface area contributed by atoms with E-state index in [1.165, 1.54) is 14.2 Å². The lowest BCUT2D eigenvalue weighted by atomic mass is 10.0. The van der Waals surface area contributed by atoms with Crippen LogP contribution in [0, 0.1) is 13.8 Å². The first-order chi connectivity index (χ1) is 17.8. The van der Waals surface area contributed by atoms with E-state index in [4.69, 9.17) is 21.1 Å². The lowest BCUT2D eigenvalue weighted by Crippen LogP contribution is -2.17. The Bertz CT molecular complexity index is 1660. The van der Waals surface area contributed by atoms with Gasteiger partial charge in [-0.1, -0.05) is 60.1 Å². The molecule has 5 aromatic rings. The van der Waals surface area contributed by atoms with E-state index < -0.39 is 11.9 Å². The molecule has 2 aromatic heterocycles. The van der Waals surface area contributed by atoms with Crippen LogP contribution in [0.5, 0.6) is 0 Å². The Hall–Kier alpha value is -4.29. The first kappa shape index (κ1) is 24.4. The third-order valence-electron chi connectivity index (χ3n) is 6.63. The van der Waals surface area contributed by atoms with Crippen LogP contribution in [0.2, 0.25) is 5.02 Å². The van der Waals surface area contributed by atoms with Gasteiger partial charge in [0.1, 0.15) is 0 Å². The van der Waals surface area contributed by atoms with Crippen LogP contribution in [0.25, 0.3) is 33.3 Å². The number of fused-ring (bicyclic) bond motifs is 1. The number of esters is 2. The largest absolute Gasteiger partial charge is 0.465 e. The summed E-state index contributed by atoms with van der Waals surface area (Å²) >= 11 is 6.16. The minimum absolute atomic E-state index is 0.421. The topological polar surface area (TPSA) is 62.5 Å². The smallest absolute Gasteiger partial charge is 0.339 e. The number of methoxy groups -OCH3 is 2. The van der Waals surface area contributed by atoms with Gasteiger partial charge >= 0.3 is 11.9 Å². The Morgan fingerprint density at radius 1 is 0.649 bits per heavy atom. The molecule has 0 saturated carbocycles. The van der Waals surface area contributed by atoms with E-state index in [0.29, 0.717) is 27.5 Å². The van der Waals surface area contributed by atoms with Gasteiger partial charge in [0.2, 0.25) is 0 Å². The molecule has 6 nitrogen and oxygen atoms in total. The molecule has 0 aliphatic rings. The van der Waals surface area contributed by atoms with Crippen molar-refractivity contribution in [1.29, 1.82) is 0 Å². The highest BCUT2D eigenvalue weighted by molar-refractivity contribution is 6.30. The summed E-state index contributed by atoms with van der Waals surface area (Å²) in [5, 5.41) is 2.79. The van der Waals surface area contributed by atoms with Crippen molar-refractivity contribution in [3.63, 3.8) is 0 Å². The summed E-state index contributed by atoms with van der Waals surface area (Å²) in [5.41, 5.74) is 5.45. The third-order valence-corrected chi connectivity index (χ3v) is 6.88. The Kier molecular flexibility index (Phi) is 6.36. The summed E-state index contributed by atoms with van der Waals surface area (Å²) in [4.78, 5) is 25.5. The quantitative estimate of drug-likeness (QED) is 0.239. The zero-order chi connectivity index (χ0) is 26.3. The molecule has 5 rings (SSSR count). The number of hydrogen-bond acceptors (Lipinski definition) is 4. The molecular weight excluding hydrogens is 488 g/mol. The minimum Gasteiger partial charge on any atom is -0.465 e. The second-order valence-electron chi connectivity index (χ2n) is 8.73. The highest BCUT2D eigenvalue weighted by Gasteiger charge is 2.26. The fourth-order valence-corrected chi connectivity index (χ4v) is 4.85. The fourth-order valence-electron chi connectivity index (χ4n) is 4.72. The highest BCUT2D eigenvalue weighted by atomic mass is 35.5. The summed E-state index contributed by atoms with van der Waals surface area (Å²) in [6.45, 7) is 3.72. The lowest BCUT2D eigenvalue weighted by molar-refractivity contribution is 0.0590. The van der Waals surface area contributed by atoms with Gasteiger partial charge < -0.3 is 9.47 Å². The molecule has 0 radical (unpaired) electrons. The van der Waals surface area contributed by atoms with Crippen LogP contribution in [0.3, 0.4) is 0 Å². The van der Waals surface area contributed by atoms with Crippen LogP contribution < -0.4 is 0 Å². The number of benzene rings is 3. The number of rotatable bonds is 5. The molecule has 0 aliphatic carbocycles. The number of ether oxygens (including phenoxy) is 2. The van der Waals surface area contributed by atoms with Crippen molar-refractivity contribution < 1.29 is 19.1 Å². The summed E-state index contributed by atoms with van der Waals surface area (Å²) in [6.07, 6.45) is 0. The summed E-state index contributed by atoms with van der Waals surface area (Å²) in [5.74, 6) is -0.888. The van der Waals surface area contributed by atoms with Crippen molar-refractivity contribution in [2.75, 3.05) is 14.2 Å². The standard InChI is InChI=1S/C30H25ClN2O4/c1-18-25(29(34)36-3)16-27(21-11-13-24(31)14-12-21)32(18)33-19(2)26(30(35)37-4)17-28(33)23-10-9-20-7-5-6-8-22(20)15-23/h5-17H,1-4H3. The number of aromatic nitrogens is 2. The van der Waals surface area contributed by atoms with E-state index in [2.05, 4.69) is 24.3 Å².